The Labute approximate surface area is 172 Å². The van der Waals surface area contributed by atoms with Crippen LogP contribution in [0.25, 0.3) is 11.3 Å². The van der Waals surface area contributed by atoms with Crippen molar-refractivity contribution in [1.82, 2.24) is 9.88 Å². The predicted octanol–water partition coefficient (Wildman–Crippen LogP) is 5.88. The van der Waals surface area contributed by atoms with Crippen LogP contribution < -0.4 is 5.43 Å². The van der Waals surface area contributed by atoms with Gasteiger partial charge in [0.05, 0.1) is 11.9 Å². The van der Waals surface area contributed by atoms with Gasteiger partial charge in [0.2, 0.25) is 5.13 Å². The second-order valence-electron chi connectivity index (χ2n) is 6.80. The van der Waals surface area contributed by atoms with Gasteiger partial charge in [0.25, 0.3) is 0 Å². The molecule has 0 atom stereocenters. The molecule has 2 aromatic carbocycles. The Morgan fingerprint density at radius 2 is 1.82 bits per heavy atom. The molecule has 0 aliphatic rings. The minimum absolute atomic E-state index is 0.795. The molecule has 0 unspecified atom stereocenters. The molecule has 0 aliphatic heterocycles. The van der Waals surface area contributed by atoms with Gasteiger partial charge in [0.1, 0.15) is 0 Å². The highest BCUT2D eigenvalue weighted by Gasteiger charge is 2.05. The van der Waals surface area contributed by atoms with Crippen molar-refractivity contribution in [1.29, 1.82) is 0 Å². The van der Waals surface area contributed by atoms with Gasteiger partial charge in [-0.15, -0.1) is 11.3 Å². The zero-order valence-corrected chi connectivity index (χ0v) is 17.5. The third-order valence-corrected chi connectivity index (χ3v) is 5.13. The van der Waals surface area contributed by atoms with E-state index in [0.717, 1.165) is 41.6 Å². The van der Waals surface area contributed by atoms with Gasteiger partial charge in [-0.3, -0.25) is 10.3 Å². The molecule has 0 bridgehead atoms. The molecule has 0 aliphatic carbocycles. The largest absolute Gasteiger partial charge is 0.299 e. The number of rotatable bonds is 10. The molecule has 3 aromatic rings. The van der Waals surface area contributed by atoms with Gasteiger partial charge in [-0.25, -0.2) is 4.98 Å². The van der Waals surface area contributed by atoms with E-state index in [-0.39, 0.29) is 0 Å². The molecular formula is C23H28N4S. The number of anilines is 1. The highest BCUT2D eigenvalue weighted by Crippen LogP contribution is 2.24. The lowest BCUT2D eigenvalue weighted by Crippen LogP contribution is -2.24. The predicted molar refractivity (Wildman–Crippen MR) is 121 cm³/mol. The zero-order chi connectivity index (χ0) is 19.6. The fourth-order valence-electron chi connectivity index (χ4n) is 3.16. The number of hydrogen-bond acceptors (Lipinski definition) is 5. The number of thiazole rings is 1. The molecule has 0 amide bonds. The maximum Gasteiger partial charge on any atom is 0.203 e. The first-order valence-corrected chi connectivity index (χ1v) is 10.8. The third-order valence-electron chi connectivity index (χ3n) is 4.38. The number of nitrogens with one attached hydrogen (secondary N) is 1. The van der Waals surface area contributed by atoms with Crippen LogP contribution in [0.1, 0.15) is 37.8 Å². The zero-order valence-electron chi connectivity index (χ0n) is 16.6. The summed E-state index contributed by atoms with van der Waals surface area (Å²) in [5.74, 6) is 0. The number of hydrogen-bond donors (Lipinski definition) is 1. The van der Waals surface area contributed by atoms with Crippen molar-refractivity contribution in [2.75, 3.05) is 18.5 Å². The fraction of sp³-hybridized carbons (Fsp3) is 0.304. The highest BCUT2D eigenvalue weighted by atomic mass is 32.1. The minimum atomic E-state index is 0.795. The molecule has 0 radical (unpaired) electrons. The molecular weight excluding hydrogens is 364 g/mol. The molecule has 0 saturated heterocycles. The second kappa shape index (κ2) is 10.7. The van der Waals surface area contributed by atoms with Crippen LogP contribution >= 0.6 is 11.3 Å². The van der Waals surface area contributed by atoms with E-state index in [9.17, 15) is 0 Å². The summed E-state index contributed by atoms with van der Waals surface area (Å²) in [5.41, 5.74) is 7.56. The van der Waals surface area contributed by atoms with E-state index in [1.807, 2.05) is 29.8 Å². The van der Waals surface area contributed by atoms with Crippen molar-refractivity contribution in [2.45, 2.75) is 33.2 Å². The Bertz CT molecular complexity index is 867. The molecule has 0 saturated carbocycles. The summed E-state index contributed by atoms with van der Waals surface area (Å²) in [5, 5.41) is 7.21. The summed E-state index contributed by atoms with van der Waals surface area (Å²) in [6.45, 7) is 7.74. The number of hydrazone groups is 1. The van der Waals surface area contributed by atoms with E-state index in [1.54, 1.807) is 11.3 Å². The molecule has 146 valence electrons. The normalized spacial score (nSPS) is 11.4. The second-order valence-corrected chi connectivity index (χ2v) is 7.65. The average molecular weight is 393 g/mol. The summed E-state index contributed by atoms with van der Waals surface area (Å²) in [7, 11) is 0. The lowest BCUT2D eigenvalue weighted by molar-refractivity contribution is 0.266. The van der Waals surface area contributed by atoms with Gasteiger partial charge in [0.15, 0.2) is 0 Å². The Hall–Kier alpha value is -2.50. The maximum atomic E-state index is 4.60. The van der Waals surface area contributed by atoms with Crippen molar-refractivity contribution in [2.24, 2.45) is 5.10 Å². The van der Waals surface area contributed by atoms with Crippen LogP contribution in [-0.2, 0) is 6.54 Å². The third kappa shape index (κ3) is 6.01. The van der Waals surface area contributed by atoms with Crippen LogP contribution in [0, 0.1) is 0 Å². The molecule has 0 fully saturated rings. The molecule has 1 N–H and O–H groups in total. The first kappa shape index (κ1) is 20.2. The van der Waals surface area contributed by atoms with Crippen LogP contribution in [0.15, 0.2) is 65.1 Å². The van der Waals surface area contributed by atoms with Crippen molar-refractivity contribution >= 4 is 22.7 Å². The van der Waals surface area contributed by atoms with E-state index >= 15 is 0 Å². The fourth-order valence-corrected chi connectivity index (χ4v) is 3.83. The maximum absolute atomic E-state index is 4.60. The van der Waals surface area contributed by atoms with E-state index in [4.69, 9.17) is 0 Å². The van der Waals surface area contributed by atoms with Crippen molar-refractivity contribution in [3.8, 4) is 11.3 Å². The van der Waals surface area contributed by atoms with Crippen LogP contribution in [0.5, 0.6) is 0 Å². The van der Waals surface area contributed by atoms with Crippen LogP contribution in [-0.4, -0.2) is 29.2 Å². The summed E-state index contributed by atoms with van der Waals surface area (Å²) >= 11 is 1.56. The molecule has 1 aromatic heterocycles. The number of nitrogens with zero attached hydrogens (tertiary/aromatic N) is 3. The Morgan fingerprint density at radius 1 is 1.04 bits per heavy atom. The van der Waals surface area contributed by atoms with E-state index in [2.05, 4.69) is 70.7 Å². The molecule has 5 heteroatoms. The quantitative estimate of drug-likeness (QED) is 0.346. The van der Waals surface area contributed by atoms with E-state index in [1.165, 1.54) is 18.4 Å². The smallest absolute Gasteiger partial charge is 0.203 e. The average Bonchev–Trinajstić information content (AvgIpc) is 3.18. The van der Waals surface area contributed by atoms with E-state index in [0.29, 0.717) is 0 Å². The van der Waals surface area contributed by atoms with E-state index < -0.39 is 0 Å². The Kier molecular flexibility index (Phi) is 7.76. The molecule has 4 nitrogen and oxygen atoms in total. The van der Waals surface area contributed by atoms with Gasteiger partial charge in [-0.1, -0.05) is 62.4 Å². The lowest BCUT2D eigenvalue weighted by Gasteiger charge is -2.21. The summed E-state index contributed by atoms with van der Waals surface area (Å²) in [6, 6.07) is 18.8. The van der Waals surface area contributed by atoms with Gasteiger partial charge in [0, 0.05) is 17.5 Å². The molecule has 3 rings (SSSR count). The lowest BCUT2D eigenvalue weighted by atomic mass is 10.1. The van der Waals surface area contributed by atoms with Gasteiger partial charge < -0.3 is 0 Å². The Balaban J connectivity index is 1.59. The molecule has 28 heavy (non-hydrogen) atoms. The Morgan fingerprint density at radius 3 is 2.57 bits per heavy atom. The van der Waals surface area contributed by atoms with Crippen LogP contribution in [0.2, 0.25) is 0 Å². The van der Waals surface area contributed by atoms with Gasteiger partial charge in [-0.2, -0.15) is 5.10 Å². The molecule has 0 spiro atoms. The number of aromatic nitrogens is 1. The van der Waals surface area contributed by atoms with Crippen molar-refractivity contribution < 1.29 is 0 Å². The highest BCUT2D eigenvalue weighted by molar-refractivity contribution is 7.14. The molecule has 1 heterocycles. The first-order valence-electron chi connectivity index (χ1n) is 9.89. The van der Waals surface area contributed by atoms with Crippen molar-refractivity contribution in [3.63, 3.8) is 0 Å². The summed E-state index contributed by atoms with van der Waals surface area (Å²) < 4.78 is 0. The SMILES string of the molecule is CCCN(CCC)Cc1cccc(C=NNc2nc(-c3ccccc3)cs2)c1. The number of benzene rings is 2. The van der Waals surface area contributed by atoms with Crippen molar-refractivity contribution in [3.05, 3.63) is 71.1 Å². The summed E-state index contributed by atoms with van der Waals surface area (Å²) in [6.07, 6.45) is 4.23. The standard InChI is InChI=1S/C23H28N4S/c1-3-13-27(14-4-2)17-20-10-8-9-19(15-20)16-24-26-23-25-22(18-28-23)21-11-6-5-7-12-21/h5-12,15-16,18H,3-4,13-14,17H2,1-2H3,(H,25,26). The monoisotopic (exact) mass is 392 g/mol. The van der Waals surface area contributed by atoms with Gasteiger partial charge >= 0.3 is 0 Å². The van der Waals surface area contributed by atoms with Crippen LogP contribution in [0.3, 0.4) is 0 Å². The summed E-state index contributed by atoms with van der Waals surface area (Å²) in [4.78, 5) is 7.11. The first-order chi connectivity index (χ1) is 13.8. The topological polar surface area (TPSA) is 40.5 Å². The van der Waals surface area contributed by atoms with Crippen LogP contribution in [0.4, 0.5) is 5.13 Å². The minimum Gasteiger partial charge on any atom is -0.299 e. The van der Waals surface area contributed by atoms with Gasteiger partial charge in [-0.05, 0) is 43.1 Å².